The topological polar surface area (TPSA) is 56.1 Å². The van der Waals surface area contributed by atoms with Crippen molar-refractivity contribution in [2.45, 2.75) is 39.2 Å². The quantitative estimate of drug-likeness (QED) is 0.718. The van der Waals surface area contributed by atoms with Gasteiger partial charge in [0.05, 0.1) is 12.9 Å². The number of carbonyl (C=O) groups excluding carboxylic acids is 1. The second-order valence-electron chi connectivity index (χ2n) is 3.61. The van der Waals surface area contributed by atoms with E-state index in [0.29, 0.717) is 13.0 Å². The smallest absolute Gasteiger partial charge is 0.245 e. The minimum atomic E-state index is -0.0889. The summed E-state index contributed by atoms with van der Waals surface area (Å²) in [4.78, 5) is 20.4. The summed E-state index contributed by atoms with van der Waals surface area (Å²) in [6.45, 7) is 4.42. The average Bonchev–Trinajstić information content (AvgIpc) is 2.79. The Hall–Kier alpha value is -1.36. The van der Waals surface area contributed by atoms with Crippen LogP contribution in [0.5, 0.6) is 0 Å². The molecule has 0 radical (unpaired) electrons. The second kappa shape index (κ2) is 7.00. The maximum atomic E-state index is 11.5. The molecule has 0 bridgehead atoms. The molecular formula is C11H19N3O2. The van der Waals surface area contributed by atoms with Gasteiger partial charge >= 0.3 is 0 Å². The molecule has 1 atom stereocenters. The van der Waals surface area contributed by atoms with Gasteiger partial charge in [-0.15, -0.1) is 0 Å². The van der Waals surface area contributed by atoms with E-state index >= 15 is 0 Å². The Kier molecular flexibility index (Phi) is 5.56. The van der Waals surface area contributed by atoms with Gasteiger partial charge in [-0.2, -0.15) is 0 Å². The van der Waals surface area contributed by atoms with E-state index < -0.39 is 0 Å². The van der Waals surface area contributed by atoms with Crippen molar-refractivity contribution in [3.05, 3.63) is 18.7 Å². The lowest BCUT2D eigenvalue weighted by Crippen LogP contribution is -2.26. The van der Waals surface area contributed by atoms with Gasteiger partial charge in [-0.3, -0.25) is 9.63 Å². The van der Waals surface area contributed by atoms with Crippen molar-refractivity contribution in [1.29, 1.82) is 0 Å². The van der Waals surface area contributed by atoms with Gasteiger partial charge in [-0.25, -0.2) is 10.5 Å². The summed E-state index contributed by atoms with van der Waals surface area (Å²) in [6, 6.07) is 0.160. The van der Waals surface area contributed by atoms with Gasteiger partial charge in [0.15, 0.2) is 0 Å². The summed E-state index contributed by atoms with van der Waals surface area (Å²) in [6.07, 6.45) is 7.76. The number of aromatic nitrogens is 2. The van der Waals surface area contributed by atoms with Gasteiger partial charge in [0, 0.05) is 24.9 Å². The van der Waals surface area contributed by atoms with Crippen LogP contribution in [0.2, 0.25) is 0 Å². The van der Waals surface area contributed by atoms with Crippen molar-refractivity contribution in [2.24, 2.45) is 0 Å². The van der Waals surface area contributed by atoms with Crippen molar-refractivity contribution >= 4 is 5.91 Å². The first-order chi connectivity index (χ1) is 7.77. The SMILES string of the molecule is CCCC(CC(=O)NOCC)n1ccnc1. The molecule has 90 valence electrons. The fourth-order valence-electron chi connectivity index (χ4n) is 1.58. The standard InChI is InChI=1S/C11H19N3O2/c1-3-5-10(14-7-6-12-9-14)8-11(15)13-16-4-2/h6-7,9-10H,3-5,8H2,1-2H3,(H,13,15). The molecule has 1 unspecified atom stereocenters. The Labute approximate surface area is 95.8 Å². The van der Waals surface area contributed by atoms with Gasteiger partial charge < -0.3 is 4.57 Å². The molecule has 0 spiro atoms. The zero-order valence-electron chi connectivity index (χ0n) is 9.85. The molecule has 0 saturated heterocycles. The van der Waals surface area contributed by atoms with E-state index in [0.717, 1.165) is 12.8 Å². The van der Waals surface area contributed by atoms with Crippen molar-refractivity contribution in [1.82, 2.24) is 15.0 Å². The predicted molar refractivity (Wildman–Crippen MR) is 60.6 cm³/mol. The molecule has 16 heavy (non-hydrogen) atoms. The summed E-state index contributed by atoms with van der Waals surface area (Å²) in [5.74, 6) is -0.0889. The summed E-state index contributed by atoms with van der Waals surface area (Å²) >= 11 is 0. The summed E-state index contributed by atoms with van der Waals surface area (Å²) in [5.41, 5.74) is 2.41. The maximum Gasteiger partial charge on any atom is 0.245 e. The van der Waals surface area contributed by atoms with E-state index in [1.807, 2.05) is 17.7 Å². The number of rotatable bonds is 7. The largest absolute Gasteiger partial charge is 0.334 e. The van der Waals surface area contributed by atoms with Crippen LogP contribution in [0.4, 0.5) is 0 Å². The highest BCUT2D eigenvalue weighted by molar-refractivity contribution is 5.75. The normalized spacial score (nSPS) is 12.4. The Bertz CT molecular complexity index is 298. The van der Waals surface area contributed by atoms with Crippen molar-refractivity contribution < 1.29 is 9.63 Å². The fourth-order valence-corrected chi connectivity index (χ4v) is 1.58. The molecule has 1 aromatic heterocycles. The first-order valence-corrected chi connectivity index (χ1v) is 5.66. The molecule has 0 fully saturated rings. The van der Waals surface area contributed by atoms with Crippen molar-refractivity contribution in [3.8, 4) is 0 Å². The minimum Gasteiger partial charge on any atom is -0.334 e. The third-order valence-electron chi connectivity index (χ3n) is 2.32. The molecule has 5 heteroatoms. The molecule has 0 aliphatic rings. The average molecular weight is 225 g/mol. The van der Waals surface area contributed by atoms with E-state index in [2.05, 4.69) is 17.4 Å². The second-order valence-corrected chi connectivity index (χ2v) is 3.61. The molecular weight excluding hydrogens is 206 g/mol. The van der Waals surface area contributed by atoms with E-state index in [1.165, 1.54) is 0 Å². The van der Waals surface area contributed by atoms with Crippen LogP contribution in [0, 0.1) is 0 Å². The lowest BCUT2D eigenvalue weighted by molar-refractivity contribution is -0.134. The van der Waals surface area contributed by atoms with Crippen LogP contribution in [0.15, 0.2) is 18.7 Å². The molecule has 1 heterocycles. The minimum absolute atomic E-state index is 0.0889. The molecule has 0 aliphatic heterocycles. The monoisotopic (exact) mass is 225 g/mol. The van der Waals surface area contributed by atoms with Crippen LogP contribution in [0.25, 0.3) is 0 Å². The summed E-state index contributed by atoms with van der Waals surface area (Å²) in [5, 5.41) is 0. The summed E-state index contributed by atoms with van der Waals surface area (Å²) < 4.78 is 1.97. The van der Waals surface area contributed by atoms with Gasteiger partial charge in [0.1, 0.15) is 0 Å². The number of imidazole rings is 1. The molecule has 1 amide bonds. The zero-order chi connectivity index (χ0) is 11.8. The van der Waals surface area contributed by atoms with Crippen LogP contribution in [-0.4, -0.2) is 22.1 Å². The van der Waals surface area contributed by atoms with Crippen LogP contribution >= 0.6 is 0 Å². The van der Waals surface area contributed by atoms with Crippen LogP contribution in [0.3, 0.4) is 0 Å². The molecule has 5 nitrogen and oxygen atoms in total. The predicted octanol–water partition coefficient (Wildman–Crippen LogP) is 1.68. The molecule has 1 N–H and O–H groups in total. The third kappa shape index (κ3) is 4.02. The summed E-state index contributed by atoms with van der Waals surface area (Å²) in [7, 11) is 0. The van der Waals surface area contributed by atoms with E-state index in [-0.39, 0.29) is 11.9 Å². The first-order valence-electron chi connectivity index (χ1n) is 5.66. The number of nitrogens with zero attached hydrogens (tertiary/aromatic N) is 2. The molecule has 1 aromatic rings. The Morgan fingerprint density at radius 2 is 2.38 bits per heavy atom. The van der Waals surface area contributed by atoms with E-state index in [1.54, 1.807) is 12.5 Å². The lowest BCUT2D eigenvalue weighted by Gasteiger charge is -2.16. The third-order valence-corrected chi connectivity index (χ3v) is 2.32. The first kappa shape index (κ1) is 12.7. The number of amides is 1. The van der Waals surface area contributed by atoms with Gasteiger partial charge in [-0.1, -0.05) is 13.3 Å². The van der Waals surface area contributed by atoms with Crippen molar-refractivity contribution in [3.63, 3.8) is 0 Å². The van der Waals surface area contributed by atoms with Gasteiger partial charge in [0.2, 0.25) is 5.91 Å². The number of hydrogen-bond acceptors (Lipinski definition) is 3. The molecule has 0 aromatic carbocycles. The molecule has 0 saturated carbocycles. The lowest BCUT2D eigenvalue weighted by atomic mass is 10.1. The number of carbonyl (C=O) groups is 1. The Morgan fingerprint density at radius 3 is 2.94 bits per heavy atom. The number of hydrogen-bond donors (Lipinski definition) is 1. The fraction of sp³-hybridized carbons (Fsp3) is 0.636. The highest BCUT2D eigenvalue weighted by atomic mass is 16.6. The number of nitrogens with one attached hydrogen (secondary N) is 1. The maximum absolute atomic E-state index is 11.5. The zero-order valence-corrected chi connectivity index (χ0v) is 9.85. The van der Waals surface area contributed by atoms with E-state index in [4.69, 9.17) is 4.84 Å². The Balaban J connectivity index is 2.48. The van der Waals surface area contributed by atoms with E-state index in [9.17, 15) is 4.79 Å². The highest BCUT2D eigenvalue weighted by Crippen LogP contribution is 2.17. The van der Waals surface area contributed by atoms with Crippen LogP contribution in [-0.2, 0) is 9.63 Å². The van der Waals surface area contributed by atoms with Crippen molar-refractivity contribution in [2.75, 3.05) is 6.61 Å². The van der Waals surface area contributed by atoms with Gasteiger partial charge in [0.25, 0.3) is 0 Å². The molecule has 0 aliphatic carbocycles. The van der Waals surface area contributed by atoms with Crippen LogP contribution < -0.4 is 5.48 Å². The number of hydroxylamine groups is 1. The Morgan fingerprint density at radius 1 is 1.56 bits per heavy atom. The van der Waals surface area contributed by atoms with Gasteiger partial charge in [-0.05, 0) is 13.3 Å². The van der Waals surface area contributed by atoms with Crippen LogP contribution in [0.1, 0.15) is 39.2 Å². The highest BCUT2D eigenvalue weighted by Gasteiger charge is 2.14. The molecule has 1 rings (SSSR count).